The van der Waals surface area contributed by atoms with Crippen molar-refractivity contribution in [3.8, 4) is 0 Å². The third-order valence-corrected chi connectivity index (χ3v) is 4.79. The Morgan fingerprint density at radius 1 is 0.840 bits per heavy atom. The zero-order valence-electron chi connectivity index (χ0n) is 13.8. The number of para-hydroxylation sites is 1. The van der Waals surface area contributed by atoms with Gasteiger partial charge in [0, 0.05) is 37.1 Å². The molecule has 4 heteroatoms. The van der Waals surface area contributed by atoms with Gasteiger partial charge >= 0.3 is 0 Å². The molecule has 4 nitrogen and oxygen atoms in total. The number of hydrogen-bond donors (Lipinski definition) is 0. The number of benzene rings is 2. The summed E-state index contributed by atoms with van der Waals surface area (Å²) in [6, 6.07) is 22.3. The van der Waals surface area contributed by atoms with Crippen molar-refractivity contribution in [3.63, 3.8) is 0 Å². The minimum atomic E-state index is -0.148. The monoisotopic (exact) mass is 329 g/mol. The van der Waals surface area contributed by atoms with E-state index in [1.807, 2.05) is 36.4 Å². The highest BCUT2D eigenvalue weighted by atomic mass is 16.1. The largest absolute Gasteiger partial charge is 0.370 e. The average molecular weight is 329 g/mol. The van der Waals surface area contributed by atoms with Crippen LogP contribution in [-0.2, 0) is 0 Å². The highest BCUT2D eigenvalue weighted by Gasteiger charge is 2.39. The molecule has 0 spiro atoms. The second-order valence-corrected chi connectivity index (χ2v) is 6.30. The van der Waals surface area contributed by atoms with Gasteiger partial charge in [-0.3, -0.25) is 4.79 Å². The van der Waals surface area contributed by atoms with E-state index < -0.39 is 0 Å². The highest BCUT2D eigenvalue weighted by molar-refractivity contribution is 5.96. The van der Waals surface area contributed by atoms with Crippen molar-refractivity contribution in [1.82, 2.24) is 9.97 Å². The number of nitrogens with zero attached hydrogens (tertiary/aromatic N) is 3. The standard InChI is InChI=1S/C21H19N3O/c25-20(21-22-12-7-13-23-21)19-15-24(17-10-5-2-6-11-17)14-18(19)16-8-3-1-4-9-16/h1-13,18-19H,14-15H2/t18-,19+/m0/s1. The van der Waals surface area contributed by atoms with Crippen LogP contribution in [0.4, 0.5) is 5.69 Å². The topological polar surface area (TPSA) is 46.1 Å². The van der Waals surface area contributed by atoms with Crippen LogP contribution in [0.2, 0.25) is 0 Å². The quantitative estimate of drug-likeness (QED) is 0.686. The molecule has 0 saturated carbocycles. The molecule has 25 heavy (non-hydrogen) atoms. The van der Waals surface area contributed by atoms with Crippen molar-refractivity contribution in [3.05, 3.63) is 90.5 Å². The van der Waals surface area contributed by atoms with Crippen LogP contribution in [0.15, 0.2) is 79.1 Å². The lowest BCUT2D eigenvalue weighted by Crippen LogP contribution is -2.25. The fourth-order valence-corrected chi connectivity index (χ4v) is 3.55. The molecule has 4 rings (SSSR count). The number of Topliss-reactive ketones (excluding diaryl/α,β-unsaturated/α-hetero) is 1. The second-order valence-electron chi connectivity index (χ2n) is 6.30. The molecule has 1 aliphatic rings. The first kappa shape index (κ1) is 15.5. The molecule has 1 aromatic heterocycles. The molecule has 0 unspecified atom stereocenters. The molecule has 0 N–H and O–H groups in total. The first-order chi connectivity index (χ1) is 12.3. The Bertz CT molecular complexity index is 837. The van der Waals surface area contributed by atoms with E-state index in [1.165, 1.54) is 5.56 Å². The van der Waals surface area contributed by atoms with Gasteiger partial charge < -0.3 is 4.90 Å². The van der Waals surface area contributed by atoms with Crippen LogP contribution in [0, 0.1) is 5.92 Å². The Labute approximate surface area is 147 Å². The summed E-state index contributed by atoms with van der Waals surface area (Å²) in [6.45, 7) is 1.50. The van der Waals surface area contributed by atoms with E-state index in [0.29, 0.717) is 12.4 Å². The molecule has 1 aliphatic heterocycles. The van der Waals surface area contributed by atoms with Crippen LogP contribution in [-0.4, -0.2) is 28.8 Å². The normalized spacial score (nSPS) is 19.8. The minimum Gasteiger partial charge on any atom is -0.370 e. The van der Waals surface area contributed by atoms with Crippen molar-refractivity contribution in [1.29, 1.82) is 0 Å². The van der Waals surface area contributed by atoms with Crippen molar-refractivity contribution < 1.29 is 4.79 Å². The third kappa shape index (κ3) is 3.15. The van der Waals surface area contributed by atoms with Crippen molar-refractivity contribution in [2.45, 2.75) is 5.92 Å². The molecule has 0 radical (unpaired) electrons. The molecule has 1 fully saturated rings. The Hall–Kier alpha value is -3.01. The van der Waals surface area contributed by atoms with Gasteiger partial charge in [-0.2, -0.15) is 0 Å². The number of hydrogen-bond acceptors (Lipinski definition) is 4. The van der Waals surface area contributed by atoms with Crippen LogP contribution in [0.5, 0.6) is 0 Å². The van der Waals surface area contributed by atoms with Crippen LogP contribution in [0.1, 0.15) is 22.1 Å². The van der Waals surface area contributed by atoms with Gasteiger partial charge in [-0.1, -0.05) is 48.5 Å². The molecule has 0 bridgehead atoms. The number of carbonyl (C=O) groups excluding carboxylic acids is 1. The summed E-state index contributed by atoms with van der Waals surface area (Å²) >= 11 is 0. The van der Waals surface area contributed by atoms with E-state index in [2.05, 4.69) is 39.1 Å². The SMILES string of the molecule is O=C(c1ncccn1)[C@@H]1CN(c2ccccc2)C[C@H]1c1ccccc1. The maximum absolute atomic E-state index is 13.1. The molecule has 0 aliphatic carbocycles. The molecule has 124 valence electrons. The predicted octanol–water partition coefficient (Wildman–Crippen LogP) is 3.58. The van der Waals surface area contributed by atoms with Crippen LogP contribution in [0.25, 0.3) is 0 Å². The first-order valence-corrected chi connectivity index (χ1v) is 8.49. The van der Waals surface area contributed by atoms with Gasteiger partial charge in [0.15, 0.2) is 5.82 Å². The molecular formula is C21H19N3O. The van der Waals surface area contributed by atoms with Crippen LogP contribution >= 0.6 is 0 Å². The second kappa shape index (κ2) is 6.85. The lowest BCUT2D eigenvalue weighted by atomic mass is 9.86. The number of carbonyl (C=O) groups is 1. The zero-order valence-corrected chi connectivity index (χ0v) is 13.8. The van der Waals surface area contributed by atoms with Gasteiger partial charge in [-0.15, -0.1) is 0 Å². The van der Waals surface area contributed by atoms with Gasteiger partial charge in [-0.05, 0) is 23.8 Å². The highest BCUT2D eigenvalue weighted by Crippen LogP contribution is 2.36. The fraction of sp³-hybridized carbons (Fsp3) is 0.190. The van der Waals surface area contributed by atoms with Crippen molar-refractivity contribution in [2.75, 3.05) is 18.0 Å². The van der Waals surface area contributed by atoms with Crippen molar-refractivity contribution in [2.24, 2.45) is 5.92 Å². The maximum Gasteiger partial charge on any atom is 0.205 e. The molecular weight excluding hydrogens is 310 g/mol. The Kier molecular flexibility index (Phi) is 4.25. The van der Waals surface area contributed by atoms with Gasteiger partial charge in [0.1, 0.15) is 0 Å². The summed E-state index contributed by atoms with van der Waals surface area (Å²) in [4.78, 5) is 23.7. The van der Waals surface area contributed by atoms with Crippen LogP contribution in [0.3, 0.4) is 0 Å². The molecule has 2 atom stereocenters. The molecule has 1 saturated heterocycles. The Morgan fingerprint density at radius 3 is 2.16 bits per heavy atom. The number of ketones is 1. The lowest BCUT2D eigenvalue weighted by molar-refractivity contribution is 0.0910. The van der Waals surface area contributed by atoms with E-state index in [9.17, 15) is 4.79 Å². The van der Waals surface area contributed by atoms with E-state index in [1.54, 1.807) is 18.5 Å². The minimum absolute atomic E-state index is 0.0212. The number of anilines is 1. The van der Waals surface area contributed by atoms with Gasteiger partial charge in [-0.25, -0.2) is 9.97 Å². The Balaban J connectivity index is 1.68. The summed E-state index contributed by atoms with van der Waals surface area (Å²) in [5.74, 6) is 0.318. The van der Waals surface area contributed by atoms with Gasteiger partial charge in [0.2, 0.25) is 5.78 Å². The first-order valence-electron chi connectivity index (χ1n) is 8.49. The molecule has 2 heterocycles. The Morgan fingerprint density at radius 2 is 1.48 bits per heavy atom. The maximum atomic E-state index is 13.1. The number of rotatable bonds is 4. The summed E-state index contributed by atoms with van der Waals surface area (Å²) in [5, 5.41) is 0. The molecule has 3 aromatic rings. The van der Waals surface area contributed by atoms with Gasteiger partial charge in [0.05, 0.1) is 5.92 Å². The fourth-order valence-electron chi connectivity index (χ4n) is 3.55. The summed E-state index contributed by atoms with van der Waals surface area (Å²) in [6.07, 6.45) is 3.25. The van der Waals surface area contributed by atoms with Crippen molar-refractivity contribution >= 4 is 11.5 Å². The number of aromatic nitrogens is 2. The van der Waals surface area contributed by atoms with E-state index in [-0.39, 0.29) is 17.6 Å². The average Bonchev–Trinajstić information content (AvgIpc) is 3.15. The van der Waals surface area contributed by atoms with E-state index in [4.69, 9.17) is 0 Å². The smallest absolute Gasteiger partial charge is 0.205 e. The molecule has 0 amide bonds. The zero-order chi connectivity index (χ0) is 17.1. The van der Waals surface area contributed by atoms with Crippen LogP contribution < -0.4 is 4.90 Å². The summed E-state index contributed by atoms with van der Waals surface area (Å²) in [7, 11) is 0. The molecule has 2 aromatic carbocycles. The third-order valence-electron chi connectivity index (χ3n) is 4.79. The van der Waals surface area contributed by atoms with Gasteiger partial charge in [0.25, 0.3) is 0 Å². The van der Waals surface area contributed by atoms with E-state index >= 15 is 0 Å². The lowest BCUT2D eigenvalue weighted by Gasteiger charge is -2.18. The predicted molar refractivity (Wildman–Crippen MR) is 97.7 cm³/mol. The summed E-state index contributed by atoms with van der Waals surface area (Å²) < 4.78 is 0. The van der Waals surface area contributed by atoms with E-state index in [0.717, 1.165) is 12.2 Å². The summed E-state index contributed by atoms with van der Waals surface area (Å²) in [5.41, 5.74) is 2.34.